The van der Waals surface area contributed by atoms with E-state index in [4.69, 9.17) is 0 Å². The van der Waals surface area contributed by atoms with E-state index in [2.05, 4.69) is 97.9 Å². The SMILES string of the molecule is CC1=C(C)C(C)[C]([Zr]([NH]C23CC4CC(CC(C)(C4)C2)C3)[GeH]([CH3])[CH3])=C1C.c1ccc(-c2ccccc2)cc1. The van der Waals surface area contributed by atoms with Gasteiger partial charge >= 0.3 is 167 Å². The molecular formula is C34H48GeNZr. The minimum atomic E-state index is -1.67. The van der Waals surface area contributed by atoms with Crippen LogP contribution in [0.4, 0.5) is 0 Å². The average Bonchev–Trinajstić information content (AvgIpc) is 3.05. The summed E-state index contributed by atoms with van der Waals surface area (Å²) in [4.78, 5) is 0. The molecule has 4 saturated carbocycles. The number of nitrogens with one attached hydrogen (secondary N) is 1. The molecule has 2 aromatic carbocycles. The third-order valence-electron chi connectivity index (χ3n) is 10.1. The summed E-state index contributed by atoms with van der Waals surface area (Å²) in [5.41, 5.74) is 8.79. The van der Waals surface area contributed by atoms with Gasteiger partial charge in [0.05, 0.1) is 0 Å². The molecule has 0 saturated heterocycles. The smallest absolute Gasteiger partial charge is 0.0184 e. The Balaban J connectivity index is 0.000000195. The maximum atomic E-state index is 4.63. The van der Waals surface area contributed by atoms with Gasteiger partial charge in [-0.2, -0.15) is 0 Å². The molecule has 3 unspecified atom stereocenters. The largest absolute Gasteiger partial charge is 0.0622 e. The van der Waals surface area contributed by atoms with Crippen LogP contribution < -0.4 is 3.26 Å². The molecule has 5 aliphatic rings. The molecule has 0 amide bonds. The zero-order chi connectivity index (χ0) is 26.4. The Morgan fingerprint density at radius 2 is 1.30 bits per heavy atom. The van der Waals surface area contributed by atoms with Crippen LogP contribution in [0.15, 0.2) is 80.7 Å². The minimum absolute atomic E-state index is 0.556. The second-order valence-electron chi connectivity index (χ2n) is 13.5. The Hall–Kier alpha value is -0.694. The summed E-state index contributed by atoms with van der Waals surface area (Å²) in [6.07, 6.45) is 9.16. The molecule has 37 heavy (non-hydrogen) atoms. The fraction of sp³-hybridized carbons (Fsp3) is 0.529. The van der Waals surface area contributed by atoms with Gasteiger partial charge in [-0.25, -0.2) is 0 Å². The number of hydrogen-bond donors (Lipinski definition) is 1. The second kappa shape index (κ2) is 11.1. The van der Waals surface area contributed by atoms with Gasteiger partial charge < -0.3 is 0 Å². The van der Waals surface area contributed by atoms with Crippen LogP contribution in [0.3, 0.4) is 0 Å². The van der Waals surface area contributed by atoms with Crippen LogP contribution in [0.5, 0.6) is 0 Å². The van der Waals surface area contributed by atoms with Gasteiger partial charge in [0.2, 0.25) is 0 Å². The molecule has 0 radical (unpaired) electrons. The monoisotopic (exact) mass is 634 g/mol. The van der Waals surface area contributed by atoms with Crippen molar-refractivity contribution in [3.05, 3.63) is 80.7 Å². The molecule has 0 aliphatic heterocycles. The molecule has 3 heteroatoms. The van der Waals surface area contributed by atoms with E-state index in [0.29, 0.717) is 11.0 Å². The predicted molar refractivity (Wildman–Crippen MR) is 160 cm³/mol. The minimum Gasteiger partial charge on any atom is -0.0622 e. The first kappa shape index (κ1) is 27.9. The van der Waals surface area contributed by atoms with Crippen molar-refractivity contribution in [1.29, 1.82) is 0 Å². The summed E-state index contributed by atoms with van der Waals surface area (Å²) >= 11 is -1.67. The molecule has 0 spiro atoms. The zero-order valence-electron chi connectivity index (χ0n) is 24.3. The van der Waals surface area contributed by atoms with Gasteiger partial charge in [-0.3, -0.25) is 0 Å². The van der Waals surface area contributed by atoms with Crippen LogP contribution in [0, 0.1) is 23.2 Å². The van der Waals surface area contributed by atoms with Crippen molar-refractivity contribution in [2.45, 2.75) is 90.2 Å². The molecule has 4 fully saturated rings. The molecule has 4 bridgehead atoms. The Kier molecular flexibility index (Phi) is 8.32. The van der Waals surface area contributed by atoms with Crippen molar-refractivity contribution in [1.82, 2.24) is 3.26 Å². The quantitative estimate of drug-likeness (QED) is 0.324. The molecule has 2 aromatic rings. The van der Waals surface area contributed by atoms with Crippen LogP contribution in [-0.4, -0.2) is 16.1 Å². The number of rotatable bonds is 5. The van der Waals surface area contributed by atoms with E-state index < -0.39 is 30.1 Å². The van der Waals surface area contributed by atoms with E-state index in [1.165, 1.54) is 43.2 Å². The Labute approximate surface area is 237 Å². The Morgan fingerprint density at radius 1 is 0.784 bits per heavy atom. The summed E-state index contributed by atoms with van der Waals surface area (Å²) in [6.45, 7) is 12.4. The summed E-state index contributed by atoms with van der Waals surface area (Å²) in [5, 5.41) is 0. The first-order chi connectivity index (χ1) is 17.6. The second-order valence-corrected chi connectivity index (χ2v) is 44.3. The number of benzene rings is 2. The Bertz CT molecular complexity index is 1110. The van der Waals surface area contributed by atoms with Crippen LogP contribution in [-0.2, 0) is 19.5 Å². The van der Waals surface area contributed by atoms with Crippen molar-refractivity contribution in [2.24, 2.45) is 23.2 Å². The molecule has 1 N–H and O–H groups in total. The third-order valence-corrected chi connectivity index (χ3v) is 38.3. The summed E-state index contributed by atoms with van der Waals surface area (Å²) in [7, 11) is -1.14. The summed E-state index contributed by atoms with van der Waals surface area (Å²) < 4.78 is 6.61. The van der Waals surface area contributed by atoms with E-state index in [-0.39, 0.29) is 0 Å². The molecule has 5 aliphatic carbocycles. The van der Waals surface area contributed by atoms with Crippen LogP contribution >= 0.6 is 0 Å². The Morgan fingerprint density at radius 3 is 1.70 bits per heavy atom. The van der Waals surface area contributed by atoms with Crippen molar-refractivity contribution in [2.75, 3.05) is 0 Å². The van der Waals surface area contributed by atoms with Gasteiger partial charge in [-0.05, 0) is 11.1 Å². The van der Waals surface area contributed by atoms with Crippen molar-refractivity contribution in [3.8, 4) is 11.1 Å². The average molecular weight is 635 g/mol. The van der Waals surface area contributed by atoms with Gasteiger partial charge in [-0.15, -0.1) is 0 Å². The normalized spacial score (nSPS) is 32.2. The van der Waals surface area contributed by atoms with Crippen molar-refractivity contribution >= 4 is 10.6 Å². The van der Waals surface area contributed by atoms with E-state index in [1.54, 1.807) is 23.1 Å². The number of hydrogen-bond acceptors (Lipinski definition) is 1. The molecule has 0 heterocycles. The van der Waals surface area contributed by atoms with Gasteiger partial charge in [0.1, 0.15) is 0 Å². The fourth-order valence-corrected chi connectivity index (χ4v) is 37.5. The van der Waals surface area contributed by atoms with Gasteiger partial charge in [0, 0.05) is 0 Å². The van der Waals surface area contributed by atoms with E-state index in [1.807, 2.05) is 15.4 Å². The standard InChI is InChI=1S/C12H10.C11H18N.C9H13.C2H7Ge.Zr/c1-3-7-11(8-4-1)12-9-5-2-6-10-12;1-10-3-8-2-9(4-10)6-11(12,5-8)7-10;1-6-5-7(2)9(4)8(6)3;1-3-2;/h1-10H;8-9,12H,2-7H2,1H3;6H,1-4H3;3H,1-2H3;/q;-1;;;+1. The van der Waals surface area contributed by atoms with Gasteiger partial charge in [0.15, 0.2) is 0 Å². The zero-order valence-corrected chi connectivity index (χ0v) is 29.2. The van der Waals surface area contributed by atoms with E-state index >= 15 is 0 Å². The number of allylic oxidation sites excluding steroid dienone is 4. The molecule has 197 valence electrons. The third kappa shape index (κ3) is 5.78. The van der Waals surface area contributed by atoms with Crippen LogP contribution in [0.25, 0.3) is 11.1 Å². The van der Waals surface area contributed by atoms with Gasteiger partial charge in [-0.1, -0.05) is 60.7 Å². The van der Waals surface area contributed by atoms with Crippen LogP contribution in [0.2, 0.25) is 11.5 Å². The molecule has 3 atom stereocenters. The van der Waals surface area contributed by atoms with Crippen molar-refractivity contribution < 1.29 is 19.5 Å². The van der Waals surface area contributed by atoms with Crippen molar-refractivity contribution in [3.63, 3.8) is 0 Å². The fourth-order valence-electron chi connectivity index (χ4n) is 8.74. The van der Waals surface area contributed by atoms with Crippen LogP contribution in [0.1, 0.15) is 73.1 Å². The maximum absolute atomic E-state index is 4.63. The topological polar surface area (TPSA) is 12.0 Å². The predicted octanol–water partition coefficient (Wildman–Crippen LogP) is 9.07. The van der Waals surface area contributed by atoms with E-state index in [0.717, 1.165) is 17.8 Å². The molecular weight excluding hydrogens is 586 g/mol. The van der Waals surface area contributed by atoms with Gasteiger partial charge in [0.25, 0.3) is 0 Å². The summed E-state index contributed by atoms with van der Waals surface area (Å²) in [5.74, 6) is 8.24. The molecule has 1 nitrogen and oxygen atoms in total. The first-order valence-electron chi connectivity index (χ1n) is 14.7. The maximum Gasteiger partial charge on any atom is -0.0184 e. The molecule has 0 aromatic heterocycles. The summed E-state index contributed by atoms with van der Waals surface area (Å²) in [6, 6.07) is 20.8. The first-order valence-corrected chi connectivity index (χ1v) is 30.6. The van der Waals surface area contributed by atoms with E-state index in [9.17, 15) is 0 Å². The molecule has 7 rings (SSSR count).